The summed E-state index contributed by atoms with van der Waals surface area (Å²) >= 11 is 0. The number of hydrogen-bond acceptors (Lipinski definition) is 4. The highest BCUT2D eigenvalue weighted by atomic mass is 16.4. The fraction of sp³-hybridized carbons (Fsp3) is 0.867. The second-order valence-electron chi connectivity index (χ2n) is 15.1. The Balaban J connectivity index is 1.66. The first-order valence-electron chi connectivity index (χ1n) is 13.8. The Morgan fingerprint density at radius 3 is 2.17 bits per heavy atom. The normalized spacial score (nSPS) is 55.1. The van der Waals surface area contributed by atoms with Crippen LogP contribution in [0, 0.1) is 44.3 Å². The summed E-state index contributed by atoms with van der Waals surface area (Å²) in [5, 5.41) is 33.4. The van der Waals surface area contributed by atoms with Gasteiger partial charge in [-0.25, -0.2) is 0 Å². The van der Waals surface area contributed by atoms with E-state index < -0.39 is 22.4 Å². The number of aliphatic carboxylic acids is 1. The molecule has 9 atom stereocenters. The zero-order valence-corrected chi connectivity index (χ0v) is 22.8. The Hall–Kier alpha value is -1.20. The second kappa shape index (κ2) is 7.01. The predicted molar refractivity (Wildman–Crippen MR) is 135 cm³/mol. The fourth-order valence-electron chi connectivity index (χ4n) is 10.4. The third-order valence-electron chi connectivity index (χ3n) is 13.2. The lowest BCUT2D eigenvalue weighted by Gasteiger charge is -2.71. The summed E-state index contributed by atoms with van der Waals surface area (Å²) < 4.78 is 0. The first-order chi connectivity index (χ1) is 15.9. The molecule has 0 unspecified atom stereocenters. The highest BCUT2D eigenvalue weighted by molar-refractivity contribution is 5.96. The van der Waals surface area contributed by atoms with Crippen LogP contribution in [-0.4, -0.2) is 38.8 Å². The average Bonchev–Trinajstić information content (AvgIpc) is 2.74. The number of carbonyl (C=O) groups is 2. The Kier molecular flexibility index (Phi) is 5.10. The van der Waals surface area contributed by atoms with Crippen LogP contribution in [0.2, 0.25) is 0 Å². The number of fused-ring (bicyclic) bond motifs is 7. The van der Waals surface area contributed by atoms with Crippen molar-refractivity contribution in [3.8, 4) is 0 Å². The molecule has 0 spiro atoms. The first kappa shape index (κ1) is 25.4. The van der Waals surface area contributed by atoms with Gasteiger partial charge in [0.05, 0.1) is 17.1 Å². The molecule has 5 heteroatoms. The maximum absolute atomic E-state index is 14.2. The van der Waals surface area contributed by atoms with E-state index in [9.17, 15) is 24.9 Å². The molecule has 4 fully saturated rings. The number of allylic oxidation sites excluding steroid dienone is 1. The Morgan fingerprint density at radius 2 is 1.54 bits per heavy atom. The van der Waals surface area contributed by atoms with Crippen molar-refractivity contribution in [2.75, 3.05) is 0 Å². The number of carbonyl (C=O) groups excluding carboxylic acids is 1. The lowest BCUT2D eigenvalue weighted by molar-refractivity contribution is -0.219. The average molecular weight is 487 g/mol. The van der Waals surface area contributed by atoms with Crippen molar-refractivity contribution >= 4 is 11.8 Å². The van der Waals surface area contributed by atoms with Gasteiger partial charge in [-0.2, -0.15) is 0 Å². The summed E-state index contributed by atoms with van der Waals surface area (Å²) in [6, 6.07) is 0. The second-order valence-corrected chi connectivity index (χ2v) is 15.1. The minimum Gasteiger partial charge on any atom is -0.481 e. The Labute approximate surface area is 210 Å². The molecule has 0 aliphatic heterocycles. The summed E-state index contributed by atoms with van der Waals surface area (Å²) in [4.78, 5) is 26.5. The quantitative estimate of drug-likeness (QED) is 0.453. The van der Waals surface area contributed by atoms with Gasteiger partial charge in [0.15, 0.2) is 5.78 Å². The van der Waals surface area contributed by atoms with Gasteiger partial charge in [0.2, 0.25) is 0 Å². The van der Waals surface area contributed by atoms with Crippen LogP contribution in [0.3, 0.4) is 0 Å². The molecule has 5 aliphatic rings. The van der Waals surface area contributed by atoms with Crippen LogP contribution in [0.4, 0.5) is 0 Å². The predicted octanol–water partition coefficient (Wildman–Crippen LogP) is 5.53. The first-order valence-corrected chi connectivity index (χ1v) is 13.8. The molecule has 0 aromatic carbocycles. The molecule has 5 aliphatic carbocycles. The number of carboxylic acid groups (broad SMARTS) is 1. The van der Waals surface area contributed by atoms with Crippen LogP contribution in [0.15, 0.2) is 11.6 Å². The maximum atomic E-state index is 14.2. The van der Waals surface area contributed by atoms with Gasteiger partial charge < -0.3 is 15.3 Å². The molecule has 196 valence electrons. The summed E-state index contributed by atoms with van der Waals surface area (Å²) in [6.07, 6.45) is 7.96. The molecule has 0 radical (unpaired) electrons. The molecule has 0 aromatic heterocycles. The molecule has 0 aromatic rings. The Morgan fingerprint density at radius 1 is 0.914 bits per heavy atom. The van der Waals surface area contributed by atoms with E-state index in [2.05, 4.69) is 41.5 Å². The number of aliphatic hydroxyl groups excluding tert-OH is 1. The molecule has 5 rings (SSSR count). The van der Waals surface area contributed by atoms with Gasteiger partial charge in [-0.05, 0) is 104 Å². The van der Waals surface area contributed by atoms with E-state index in [1.54, 1.807) is 13.0 Å². The van der Waals surface area contributed by atoms with Crippen molar-refractivity contribution in [3.05, 3.63) is 11.6 Å². The lowest BCUT2D eigenvalue weighted by Crippen LogP contribution is -2.70. The molecule has 0 heterocycles. The summed E-state index contributed by atoms with van der Waals surface area (Å²) in [6.45, 7) is 15.0. The van der Waals surface area contributed by atoms with Crippen molar-refractivity contribution < 1.29 is 24.9 Å². The van der Waals surface area contributed by atoms with Crippen LogP contribution < -0.4 is 0 Å². The number of aliphatic hydroxyl groups is 2. The molecule has 4 saturated carbocycles. The zero-order chi connectivity index (χ0) is 26.0. The van der Waals surface area contributed by atoms with Crippen molar-refractivity contribution in [1.29, 1.82) is 0 Å². The van der Waals surface area contributed by atoms with E-state index in [4.69, 9.17) is 0 Å². The highest BCUT2D eigenvalue weighted by Gasteiger charge is 2.73. The standard InChI is InChI=1S/C30H46O5/c1-24(2)19-8-11-29(7)22(27(19,5)10-9-21(24)32)18(31)16-20-28(29,6)15-14-26(4)13-12-25(3,23(33)34)17-30(20,26)35/h16,19,21-22,32,35H,8-15,17H2,1-7H3,(H,33,34)/t19-,21-,22+,25-,26+,27-,28+,29+,30+/m0/s1. The van der Waals surface area contributed by atoms with Crippen LogP contribution in [-0.2, 0) is 9.59 Å². The molecule has 35 heavy (non-hydrogen) atoms. The summed E-state index contributed by atoms with van der Waals surface area (Å²) in [5.74, 6) is -0.638. The van der Waals surface area contributed by atoms with Gasteiger partial charge in [-0.3, -0.25) is 9.59 Å². The van der Waals surface area contributed by atoms with Crippen molar-refractivity contribution in [3.63, 3.8) is 0 Å². The van der Waals surface area contributed by atoms with Crippen LogP contribution in [0.1, 0.15) is 106 Å². The van der Waals surface area contributed by atoms with Crippen molar-refractivity contribution in [1.82, 2.24) is 0 Å². The highest BCUT2D eigenvalue weighted by Crippen LogP contribution is 2.75. The van der Waals surface area contributed by atoms with Gasteiger partial charge in [0, 0.05) is 11.3 Å². The third-order valence-corrected chi connectivity index (χ3v) is 13.2. The molecular weight excluding hydrogens is 440 g/mol. The third kappa shape index (κ3) is 2.83. The maximum Gasteiger partial charge on any atom is 0.309 e. The van der Waals surface area contributed by atoms with Crippen LogP contribution >= 0.6 is 0 Å². The van der Waals surface area contributed by atoms with Crippen LogP contribution in [0.25, 0.3) is 0 Å². The molecule has 0 amide bonds. The summed E-state index contributed by atoms with van der Waals surface area (Å²) in [7, 11) is 0. The van der Waals surface area contributed by atoms with Gasteiger partial charge in [-0.15, -0.1) is 0 Å². The minimum atomic E-state index is -1.30. The summed E-state index contributed by atoms with van der Waals surface area (Å²) in [5.41, 5.74) is -3.03. The van der Waals surface area contributed by atoms with E-state index in [0.717, 1.165) is 37.7 Å². The SMILES string of the molecule is CC1(C)[C@@H](O)CC[C@]2(C)[C@H]3C(=O)C=C4[C@]5(O)C[C@@](C)(C(=O)O)CC[C@]5(C)CC[C@@]4(C)[C@]3(C)CC[C@@H]12. The van der Waals surface area contributed by atoms with E-state index >= 15 is 0 Å². The smallest absolute Gasteiger partial charge is 0.309 e. The van der Waals surface area contributed by atoms with Crippen molar-refractivity contribution in [2.45, 2.75) is 118 Å². The largest absolute Gasteiger partial charge is 0.481 e. The topological polar surface area (TPSA) is 94.8 Å². The minimum absolute atomic E-state index is 0.111. The lowest BCUT2D eigenvalue weighted by atomic mass is 9.33. The molecule has 0 saturated heterocycles. The van der Waals surface area contributed by atoms with Crippen LogP contribution in [0.5, 0.6) is 0 Å². The molecule has 0 bridgehead atoms. The molecular formula is C30H46O5. The molecule has 3 N–H and O–H groups in total. The van der Waals surface area contributed by atoms with E-state index in [-0.39, 0.29) is 51.8 Å². The van der Waals surface area contributed by atoms with E-state index in [0.29, 0.717) is 19.3 Å². The zero-order valence-electron chi connectivity index (χ0n) is 22.8. The van der Waals surface area contributed by atoms with E-state index in [1.165, 1.54) is 0 Å². The molecule has 5 nitrogen and oxygen atoms in total. The van der Waals surface area contributed by atoms with Gasteiger partial charge in [0.25, 0.3) is 0 Å². The van der Waals surface area contributed by atoms with Crippen molar-refractivity contribution in [2.24, 2.45) is 44.3 Å². The monoisotopic (exact) mass is 486 g/mol. The number of ketones is 1. The van der Waals surface area contributed by atoms with Gasteiger partial charge in [-0.1, -0.05) is 41.5 Å². The number of rotatable bonds is 1. The Bertz CT molecular complexity index is 1010. The number of carboxylic acids is 1. The van der Waals surface area contributed by atoms with Gasteiger partial charge >= 0.3 is 5.97 Å². The number of hydrogen-bond donors (Lipinski definition) is 3. The fourth-order valence-corrected chi connectivity index (χ4v) is 10.4. The van der Waals surface area contributed by atoms with Gasteiger partial charge in [0.1, 0.15) is 0 Å². The van der Waals surface area contributed by atoms with E-state index in [1.807, 2.05) is 0 Å².